The summed E-state index contributed by atoms with van der Waals surface area (Å²) >= 11 is 0. The average molecular weight is 224 g/mol. The summed E-state index contributed by atoms with van der Waals surface area (Å²) in [5, 5.41) is 10.7. The van der Waals surface area contributed by atoms with E-state index in [4.69, 9.17) is 0 Å². The number of rotatable bonds is 5. The number of hydrogen-bond acceptors (Lipinski definition) is 6. The second-order valence-corrected chi connectivity index (χ2v) is 3.53. The van der Waals surface area contributed by atoms with Crippen molar-refractivity contribution in [3.63, 3.8) is 0 Å². The molecule has 0 saturated carbocycles. The number of likely N-dealkylation sites (N-methyl/N-ethyl adjacent to an activating group) is 1. The third-order valence-corrected chi connectivity index (χ3v) is 1.92. The van der Waals surface area contributed by atoms with Crippen molar-refractivity contribution in [3.8, 4) is 0 Å². The molecule has 0 radical (unpaired) electrons. The first-order chi connectivity index (χ1) is 7.63. The Kier molecular flexibility index (Phi) is 4.65. The minimum atomic E-state index is -0.479. The van der Waals surface area contributed by atoms with Crippen molar-refractivity contribution in [3.05, 3.63) is 17.8 Å². The van der Waals surface area contributed by atoms with E-state index in [0.717, 1.165) is 13.1 Å². The Morgan fingerprint density at radius 1 is 1.44 bits per heavy atom. The monoisotopic (exact) mass is 224 g/mol. The van der Waals surface area contributed by atoms with Crippen LogP contribution < -0.4 is 5.32 Å². The van der Waals surface area contributed by atoms with E-state index in [1.807, 2.05) is 14.1 Å². The molecule has 0 unspecified atom stereocenters. The van der Waals surface area contributed by atoms with Crippen molar-refractivity contribution >= 4 is 11.8 Å². The second-order valence-electron chi connectivity index (χ2n) is 3.53. The number of methoxy groups -OCH3 is 1. The summed E-state index contributed by atoms with van der Waals surface area (Å²) in [4.78, 5) is 13.1. The molecule has 6 heteroatoms. The van der Waals surface area contributed by atoms with E-state index in [9.17, 15) is 4.79 Å². The van der Waals surface area contributed by atoms with Gasteiger partial charge in [-0.15, -0.1) is 10.2 Å². The summed E-state index contributed by atoms with van der Waals surface area (Å²) in [6.07, 6.45) is 0. The Labute approximate surface area is 94.6 Å². The van der Waals surface area contributed by atoms with Crippen LogP contribution in [0.1, 0.15) is 10.5 Å². The van der Waals surface area contributed by atoms with Gasteiger partial charge in [-0.2, -0.15) is 0 Å². The lowest BCUT2D eigenvalue weighted by molar-refractivity contribution is 0.0593. The Hall–Kier alpha value is -1.69. The van der Waals surface area contributed by atoms with Gasteiger partial charge in [0, 0.05) is 13.1 Å². The molecular weight excluding hydrogens is 208 g/mol. The molecule has 0 aliphatic carbocycles. The Bertz CT molecular complexity index is 337. The number of aromatic nitrogens is 2. The zero-order valence-electron chi connectivity index (χ0n) is 9.73. The highest BCUT2D eigenvalue weighted by molar-refractivity contribution is 5.86. The minimum absolute atomic E-state index is 0.209. The SMILES string of the molecule is COC(=O)c1ccc(NCCN(C)C)nn1. The molecule has 1 aromatic heterocycles. The van der Waals surface area contributed by atoms with Crippen molar-refractivity contribution in [1.82, 2.24) is 15.1 Å². The van der Waals surface area contributed by atoms with E-state index in [0.29, 0.717) is 5.82 Å². The van der Waals surface area contributed by atoms with E-state index < -0.39 is 5.97 Å². The largest absolute Gasteiger partial charge is 0.464 e. The lowest BCUT2D eigenvalue weighted by Crippen LogP contribution is -2.21. The number of anilines is 1. The quantitative estimate of drug-likeness (QED) is 0.722. The second kappa shape index (κ2) is 6.02. The third kappa shape index (κ3) is 3.82. The van der Waals surface area contributed by atoms with E-state index >= 15 is 0 Å². The number of nitrogens with one attached hydrogen (secondary N) is 1. The molecule has 0 fully saturated rings. The first-order valence-corrected chi connectivity index (χ1v) is 4.94. The summed E-state index contributed by atoms with van der Waals surface area (Å²) in [5.41, 5.74) is 0.209. The first-order valence-electron chi connectivity index (χ1n) is 4.94. The fourth-order valence-corrected chi connectivity index (χ4v) is 1.05. The van der Waals surface area contributed by atoms with Gasteiger partial charge in [-0.25, -0.2) is 4.79 Å². The fraction of sp³-hybridized carbons (Fsp3) is 0.500. The van der Waals surface area contributed by atoms with Crippen LogP contribution >= 0.6 is 0 Å². The van der Waals surface area contributed by atoms with Crippen LogP contribution in [0.5, 0.6) is 0 Å². The molecule has 1 aromatic rings. The molecule has 0 bridgehead atoms. The van der Waals surface area contributed by atoms with Gasteiger partial charge in [-0.1, -0.05) is 0 Å². The summed E-state index contributed by atoms with van der Waals surface area (Å²) in [6, 6.07) is 3.28. The van der Waals surface area contributed by atoms with Gasteiger partial charge in [0.15, 0.2) is 5.69 Å². The Morgan fingerprint density at radius 2 is 2.19 bits per heavy atom. The van der Waals surface area contributed by atoms with Crippen molar-refractivity contribution < 1.29 is 9.53 Å². The standard InChI is InChI=1S/C10H16N4O2/c1-14(2)7-6-11-9-5-4-8(12-13-9)10(15)16-3/h4-5H,6-7H2,1-3H3,(H,11,13). The molecule has 0 aliphatic rings. The van der Waals surface area contributed by atoms with Gasteiger partial charge in [0.1, 0.15) is 5.82 Å². The predicted octanol–water partition coefficient (Wildman–Crippen LogP) is 0.237. The van der Waals surface area contributed by atoms with Gasteiger partial charge >= 0.3 is 5.97 Å². The van der Waals surface area contributed by atoms with Crippen molar-refractivity contribution in [2.75, 3.05) is 39.6 Å². The maximum Gasteiger partial charge on any atom is 0.358 e. The number of ether oxygens (including phenoxy) is 1. The van der Waals surface area contributed by atoms with E-state index in [-0.39, 0.29) is 5.69 Å². The molecule has 0 aliphatic heterocycles. The van der Waals surface area contributed by atoms with E-state index in [1.165, 1.54) is 7.11 Å². The zero-order chi connectivity index (χ0) is 12.0. The third-order valence-electron chi connectivity index (χ3n) is 1.92. The van der Waals surface area contributed by atoms with Crippen LogP contribution in [-0.2, 0) is 4.74 Å². The van der Waals surface area contributed by atoms with E-state index in [1.54, 1.807) is 12.1 Å². The fourth-order valence-electron chi connectivity index (χ4n) is 1.05. The highest BCUT2D eigenvalue weighted by Gasteiger charge is 2.06. The maximum atomic E-state index is 11.1. The molecule has 6 nitrogen and oxygen atoms in total. The average Bonchev–Trinajstić information content (AvgIpc) is 2.28. The lowest BCUT2D eigenvalue weighted by atomic mass is 10.4. The molecule has 0 spiro atoms. The highest BCUT2D eigenvalue weighted by Crippen LogP contribution is 2.02. The molecule has 0 amide bonds. The van der Waals surface area contributed by atoms with Crippen LogP contribution in [0.3, 0.4) is 0 Å². The van der Waals surface area contributed by atoms with Crippen LogP contribution in [0.4, 0.5) is 5.82 Å². The summed E-state index contributed by atoms with van der Waals surface area (Å²) in [7, 11) is 5.30. The summed E-state index contributed by atoms with van der Waals surface area (Å²) in [6.45, 7) is 1.68. The molecule has 16 heavy (non-hydrogen) atoms. The molecule has 0 atom stereocenters. The Morgan fingerprint density at radius 3 is 2.69 bits per heavy atom. The van der Waals surface area contributed by atoms with Gasteiger partial charge in [0.05, 0.1) is 7.11 Å². The van der Waals surface area contributed by atoms with Crippen LogP contribution in [0, 0.1) is 0 Å². The molecule has 1 rings (SSSR count). The minimum Gasteiger partial charge on any atom is -0.464 e. The number of nitrogens with zero attached hydrogens (tertiary/aromatic N) is 3. The van der Waals surface area contributed by atoms with Gasteiger partial charge in [0.2, 0.25) is 0 Å². The van der Waals surface area contributed by atoms with Crippen molar-refractivity contribution in [2.45, 2.75) is 0 Å². The molecule has 0 aromatic carbocycles. The molecule has 0 saturated heterocycles. The number of carbonyl (C=O) groups is 1. The van der Waals surface area contributed by atoms with Crippen molar-refractivity contribution in [1.29, 1.82) is 0 Å². The Balaban J connectivity index is 2.48. The molecular formula is C10H16N4O2. The van der Waals surface area contributed by atoms with Crippen molar-refractivity contribution in [2.24, 2.45) is 0 Å². The lowest BCUT2D eigenvalue weighted by Gasteiger charge is -2.10. The van der Waals surface area contributed by atoms with E-state index in [2.05, 4.69) is 25.2 Å². The molecule has 1 N–H and O–H groups in total. The first kappa shape index (κ1) is 12.4. The smallest absolute Gasteiger partial charge is 0.358 e. The van der Waals surface area contributed by atoms with Gasteiger partial charge in [0.25, 0.3) is 0 Å². The highest BCUT2D eigenvalue weighted by atomic mass is 16.5. The van der Waals surface area contributed by atoms with Crippen LogP contribution in [-0.4, -0.2) is 55.4 Å². The van der Waals surface area contributed by atoms with Gasteiger partial charge in [-0.3, -0.25) is 0 Å². The van der Waals surface area contributed by atoms with Crippen LogP contribution in [0.2, 0.25) is 0 Å². The predicted molar refractivity (Wildman–Crippen MR) is 60.4 cm³/mol. The summed E-state index contributed by atoms with van der Waals surface area (Å²) in [5.74, 6) is 0.168. The normalized spacial score (nSPS) is 10.2. The zero-order valence-corrected chi connectivity index (χ0v) is 9.73. The topological polar surface area (TPSA) is 67.3 Å². The number of hydrogen-bond donors (Lipinski definition) is 1. The summed E-state index contributed by atoms with van der Waals surface area (Å²) < 4.78 is 4.52. The van der Waals surface area contributed by atoms with Crippen LogP contribution in [0.25, 0.3) is 0 Å². The van der Waals surface area contributed by atoms with Gasteiger partial charge in [-0.05, 0) is 26.2 Å². The number of carbonyl (C=O) groups excluding carboxylic acids is 1. The molecule has 88 valence electrons. The van der Waals surface area contributed by atoms with Gasteiger partial charge < -0.3 is 15.0 Å². The number of esters is 1. The molecule has 1 heterocycles. The van der Waals surface area contributed by atoms with Crippen LogP contribution in [0.15, 0.2) is 12.1 Å². The maximum absolute atomic E-state index is 11.1.